The van der Waals surface area contributed by atoms with Crippen LogP contribution < -0.4 is 5.32 Å². The first-order valence-corrected chi connectivity index (χ1v) is 6.96. The van der Waals surface area contributed by atoms with Gasteiger partial charge in [0, 0.05) is 5.54 Å². The van der Waals surface area contributed by atoms with Crippen molar-refractivity contribution < 1.29 is 18.3 Å². The number of nitrogens with one attached hydrogen (secondary N) is 1. The number of rotatable bonds is 1. The topological polar surface area (TPSA) is 83.5 Å². The Morgan fingerprint density at radius 3 is 2.47 bits per heavy atom. The van der Waals surface area contributed by atoms with Gasteiger partial charge in [-0.15, -0.1) is 0 Å². The molecule has 2 fully saturated rings. The Bertz CT molecular complexity index is 362. The molecule has 0 aromatic carbocycles. The van der Waals surface area contributed by atoms with Gasteiger partial charge in [0.15, 0.2) is 0 Å². The second-order valence-electron chi connectivity index (χ2n) is 4.41. The molecule has 1 unspecified atom stereocenters. The van der Waals surface area contributed by atoms with Crippen molar-refractivity contribution in [3.63, 3.8) is 0 Å². The van der Waals surface area contributed by atoms with Gasteiger partial charge in [0.1, 0.15) is 9.84 Å². The zero-order chi connectivity index (χ0) is 11.1. The van der Waals surface area contributed by atoms with Gasteiger partial charge in [-0.2, -0.15) is 0 Å². The first-order chi connectivity index (χ1) is 6.95. The predicted molar refractivity (Wildman–Crippen MR) is 54.4 cm³/mol. The highest BCUT2D eigenvalue weighted by Crippen LogP contribution is 2.36. The molecule has 0 aromatic heterocycles. The molecule has 2 heterocycles. The van der Waals surface area contributed by atoms with Crippen LogP contribution in [0.3, 0.4) is 0 Å². The number of carbonyl (C=O) groups is 1. The van der Waals surface area contributed by atoms with E-state index in [4.69, 9.17) is 5.11 Å². The maximum atomic E-state index is 11.3. The van der Waals surface area contributed by atoms with Gasteiger partial charge >= 0.3 is 5.97 Å². The fraction of sp³-hybridized carbons (Fsp3) is 0.889. The Morgan fingerprint density at radius 1 is 1.33 bits per heavy atom. The lowest BCUT2D eigenvalue weighted by Gasteiger charge is -2.36. The fourth-order valence-corrected chi connectivity index (χ4v) is 4.21. The van der Waals surface area contributed by atoms with Crippen molar-refractivity contribution in [3.05, 3.63) is 0 Å². The fourth-order valence-electron chi connectivity index (χ4n) is 2.65. The van der Waals surface area contributed by atoms with E-state index in [1.165, 1.54) is 0 Å². The van der Waals surface area contributed by atoms with Crippen LogP contribution in [-0.2, 0) is 14.6 Å². The summed E-state index contributed by atoms with van der Waals surface area (Å²) in [7, 11) is -2.93. The molecular weight excluding hydrogens is 218 g/mol. The highest BCUT2D eigenvalue weighted by Gasteiger charge is 2.49. The van der Waals surface area contributed by atoms with E-state index in [1.54, 1.807) is 0 Å². The highest BCUT2D eigenvalue weighted by atomic mass is 32.2. The average molecular weight is 233 g/mol. The number of carboxylic acid groups (broad SMARTS) is 1. The van der Waals surface area contributed by atoms with Crippen LogP contribution in [0.15, 0.2) is 0 Å². The molecule has 2 aliphatic heterocycles. The molecule has 2 saturated heterocycles. The molecule has 2 aliphatic rings. The van der Waals surface area contributed by atoms with Gasteiger partial charge in [0.2, 0.25) is 0 Å². The molecule has 86 valence electrons. The van der Waals surface area contributed by atoms with Gasteiger partial charge in [-0.3, -0.25) is 4.79 Å². The lowest BCUT2D eigenvalue weighted by molar-refractivity contribution is -0.143. The summed E-state index contributed by atoms with van der Waals surface area (Å²) in [6.07, 6.45) is 1.48. The lowest BCUT2D eigenvalue weighted by atomic mass is 9.81. The van der Waals surface area contributed by atoms with Gasteiger partial charge in [-0.05, 0) is 25.8 Å². The van der Waals surface area contributed by atoms with Crippen molar-refractivity contribution in [1.82, 2.24) is 5.32 Å². The van der Waals surface area contributed by atoms with Crippen molar-refractivity contribution in [3.8, 4) is 0 Å². The summed E-state index contributed by atoms with van der Waals surface area (Å²) < 4.78 is 22.6. The second kappa shape index (κ2) is 3.45. The van der Waals surface area contributed by atoms with Crippen LogP contribution in [0.1, 0.15) is 19.3 Å². The van der Waals surface area contributed by atoms with E-state index in [0.29, 0.717) is 25.8 Å². The van der Waals surface area contributed by atoms with Crippen molar-refractivity contribution in [2.45, 2.75) is 24.8 Å². The van der Waals surface area contributed by atoms with E-state index in [-0.39, 0.29) is 11.5 Å². The summed E-state index contributed by atoms with van der Waals surface area (Å²) in [6.45, 7) is 0.678. The standard InChI is InChI=1S/C9H15NO4S/c11-8(12)7-1-4-10-9(7)2-5-15(13,14)6-3-9/h7,10H,1-6H2,(H,11,12). The van der Waals surface area contributed by atoms with Gasteiger partial charge in [-0.1, -0.05) is 0 Å². The molecule has 2 rings (SSSR count). The summed E-state index contributed by atoms with van der Waals surface area (Å²) >= 11 is 0. The third-order valence-corrected chi connectivity index (χ3v) is 5.25. The minimum absolute atomic E-state index is 0.115. The predicted octanol–water partition coefficient (Wildman–Crippen LogP) is -0.372. The van der Waals surface area contributed by atoms with E-state index in [1.807, 2.05) is 0 Å². The molecule has 15 heavy (non-hydrogen) atoms. The summed E-state index contributed by atoms with van der Waals surface area (Å²) in [5.74, 6) is -1.000. The van der Waals surface area contributed by atoms with Crippen LogP contribution in [0, 0.1) is 5.92 Å². The maximum Gasteiger partial charge on any atom is 0.308 e. The van der Waals surface area contributed by atoms with Crippen molar-refractivity contribution >= 4 is 15.8 Å². The number of aliphatic carboxylic acids is 1. The molecule has 0 aliphatic carbocycles. The smallest absolute Gasteiger partial charge is 0.308 e. The van der Waals surface area contributed by atoms with Crippen LogP contribution in [0.5, 0.6) is 0 Å². The van der Waals surface area contributed by atoms with Gasteiger partial charge in [0.05, 0.1) is 17.4 Å². The molecular formula is C9H15NO4S. The number of hydrogen-bond donors (Lipinski definition) is 2. The largest absolute Gasteiger partial charge is 0.481 e. The Balaban J connectivity index is 2.18. The Kier molecular flexibility index (Phi) is 2.50. The molecule has 2 N–H and O–H groups in total. The van der Waals surface area contributed by atoms with Crippen molar-refractivity contribution in [2.24, 2.45) is 5.92 Å². The number of carboxylic acids is 1. The number of sulfone groups is 1. The maximum absolute atomic E-state index is 11.3. The lowest BCUT2D eigenvalue weighted by Crippen LogP contribution is -2.52. The van der Waals surface area contributed by atoms with Crippen molar-refractivity contribution in [1.29, 1.82) is 0 Å². The zero-order valence-electron chi connectivity index (χ0n) is 8.40. The number of hydrogen-bond acceptors (Lipinski definition) is 4. The first kappa shape index (κ1) is 10.9. The molecule has 6 heteroatoms. The average Bonchev–Trinajstić information content (AvgIpc) is 2.55. The van der Waals surface area contributed by atoms with E-state index in [2.05, 4.69) is 5.32 Å². The monoisotopic (exact) mass is 233 g/mol. The normalized spacial score (nSPS) is 32.9. The van der Waals surface area contributed by atoms with Crippen LogP contribution in [-0.4, -0.2) is 43.1 Å². The van der Waals surface area contributed by atoms with Crippen molar-refractivity contribution in [2.75, 3.05) is 18.1 Å². The highest BCUT2D eigenvalue weighted by molar-refractivity contribution is 7.91. The Morgan fingerprint density at radius 2 is 1.93 bits per heavy atom. The van der Waals surface area contributed by atoms with Crippen LogP contribution in [0.4, 0.5) is 0 Å². The minimum Gasteiger partial charge on any atom is -0.481 e. The molecule has 0 amide bonds. The summed E-state index contributed by atoms with van der Waals surface area (Å²) in [5, 5.41) is 12.3. The third-order valence-electron chi connectivity index (χ3n) is 3.59. The quantitative estimate of drug-likeness (QED) is 0.645. The molecule has 1 spiro atoms. The molecule has 0 saturated carbocycles. The molecule has 0 bridgehead atoms. The minimum atomic E-state index is -2.93. The van der Waals surface area contributed by atoms with Gasteiger partial charge < -0.3 is 10.4 Å². The summed E-state index contributed by atoms with van der Waals surface area (Å²) in [4.78, 5) is 11.0. The summed E-state index contributed by atoms with van der Waals surface area (Å²) in [5.41, 5.74) is -0.461. The van der Waals surface area contributed by atoms with Crippen LogP contribution in [0.25, 0.3) is 0 Å². The second-order valence-corrected chi connectivity index (χ2v) is 6.72. The zero-order valence-corrected chi connectivity index (χ0v) is 9.22. The van der Waals surface area contributed by atoms with Gasteiger partial charge in [0.25, 0.3) is 0 Å². The summed E-state index contributed by atoms with van der Waals surface area (Å²) in [6, 6.07) is 0. The first-order valence-electron chi connectivity index (χ1n) is 5.13. The molecule has 1 atom stereocenters. The molecule has 0 aromatic rings. The third kappa shape index (κ3) is 1.88. The van der Waals surface area contributed by atoms with E-state index in [9.17, 15) is 13.2 Å². The Hall–Kier alpha value is -0.620. The van der Waals surface area contributed by atoms with Crippen LogP contribution in [0.2, 0.25) is 0 Å². The van der Waals surface area contributed by atoms with E-state index in [0.717, 1.165) is 0 Å². The van der Waals surface area contributed by atoms with E-state index >= 15 is 0 Å². The Labute approximate surface area is 88.8 Å². The van der Waals surface area contributed by atoms with Gasteiger partial charge in [-0.25, -0.2) is 8.42 Å². The SMILES string of the molecule is O=C(O)C1CCNC12CCS(=O)(=O)CC2. The van der Waals surface area contributed by atoms with Crippen LogP contribution >= 0.6 is 0 Å². The molecule has 5 nitrogen and oxygen atoms in total. The molecule has 0 radical (unpaired) electrons. The van der Waals surface area contributed by atoms with E-state index < -0.39 is 27.3 Å².